The van der Waals surface area contributed by atoms with Gasteiger partial charge < -0.3 is 4.90 Å². The lowest BCUT2D eigenvalue weighted by atomic mass is 9.96. The Bertz CT molecular complexity index is 548. The molecule has 0 fully saturated rings. The fraction of sp³-hybridized carbons (Fsp3) is 0.467. The number of carbonyl (C=O) groups is 2. The van der Waals surface area contributed by atoms with Crippen LogP contribution in [0.5, 0.6) is 0 Å². The number of nitrogens with one attached hydrogen (secondary N) is 1. The van der Waals surface area contributed by atoms with Crippen molar-refractivity contribution in [2.45, 2.75) is 27.3 Å². The van der Waals surface area contributed by atoms with E-state index in [-0.39, 0.29) is 18.5 Å². The molecule has 0 radical (unpaired) electrons. The molecule has 1 aromatic carbocycles. The monoisotopic (exact) mass is 345 g/mol. The highest BCUT2D eigenvalue weighted by Crippen LogP contribution is 2.25. The molecule has 0 saturated carbocycles. The Balaban J connectivity index is 3.07. The van der Waals surface area contributed by atoms with Crippen LogP contribution >= 0.6 is 23.2 Å². The van der Waals surface area contributed by atoms with E-state index in [0.717, 1.165) is 0 Å². The minimum absolute atomic E-state index is 0.0807. The molecule has 0 spiro atoms. The molecule has 0 aromatic heterocycles. The van der Waals surface area contributed by atoms with Crippen LogP contribution in [0.2, 0.25) is 10.0 Å². The van der Waals surface area contributed by atoms with Crippen LogP contribution < -0.4 is 5.43 Å². The van der Waals surface area contributed by atoms with Crippen molar-refractivity contribution in [2.24, 2.45) is 5.41 Å². The second-order valence-corrected chi connectivity index (χ2v) is 6.97. The minimum Gasteiger partial charge on any atom is -0.329 e. The first-order chi connectivity index (χ1) is 10.0. The van der Waals surface area contributed by atoms with E-state index in [0.29, 0.717) is 15.6 Å². The number of nitrogens with zero attached hydrogens (tertiary/aromatic N) is 2. The van der Waals surface area contributed by atoms with Gasteiger partial charge in [-0.05, 0) is 12.1 Å². The van der Waals surface area contributed by atoms with Crippen LogP contribution in [0.3, 0.4) is 0 Å². The maximum Gasteiger partial charge on any atom is 0.338 e. The zero-order valence-corrected chi connectivity index (χ0v) is 14.9. The zero-order chi connectivity index (χ0) is 17.1. The SMILES string of the molecule is CN(C)C(=O)N(Cc1c(Cl)cccc1Cl)NC(=O)C(C)(C)C. The summed E-state index contributed by atoms with van der Waals surface area (Å²) < 4.78 is 0. The summed E-state index contributed by atoms with van der Waals surface area (Å²) in [5.74, 6) is -0.272. The smallest absolute Gasteiger partial charge is 0.329 e. The summed E-state index contributed by atoms with van der Waals surface area (Å²) in [6.07, 6.45) is 0. The van der Waals surface area contributed by atoms with Crippen molar-refractivity contribution in [2.75, 3.05) is 14.1 Å². The van der Waals surface area contributed by atoms with Crippen LogP contribution in [0.15, 0.2) is 18.2 Å². The van der Waals surface area contributed by atoms with Gasteiger partial charge in [0.1, 0.15) is 0 Å². The van der Waals surface area contributed by atoms with Gasteiger partial charge in [0, 0.05) is 35.1 Å². The van der Waals surface area contributed by atoms with Crippen LogP contribution in [0.4, 0.5) is 4.79 Å². The predicted octanol–water partition coefficient (Wildman–Crippen LogP) is 3.55. The van der Waals surface area contributed by atoms with Crippen molar-refractivity contribution in [1.82, 2.24) is 15.3 Å². The van der Waals surface area contributed by atoms with Crippen molar-refractivity contribution in [3.63, 3.8) is 0 Å². The van der Waals surface area contributed by atoms with E-state index in [4.69, 9.17) is 23.2 Å². The van der Waals surface area contributed by atoms with Crippen LogP contribution in [-0.4, -0.2) is 35.9 Å². The summed E-state index contributed by atoms with van der Waals surface area (Å²) >= 11 is 12.3. The summed E-state index contributed by atoms with van der Waals surface area (Å²) in [5.41, 5.74) is 2.58. The highest BCUT2D eigenvalue weighted by molar-refractivity contribution is 6.36. The topological polar surface area (TPSA) is 52.7 Å². The molecule has 122 valence electrons. The molecular weight excluding hydrogens is 325 g/mol. The Labute approximate surface area is 141 Å². The van der Waals surface area contributed by atoms with E-state index in [1.165, 1.54) is 9.91 Å². The van der Waals surface area contributed by atoms with E-state index in [9.17, 15) is 9.59 Å². The van der Waals surface area contributed by atoms with Gasteiger partial charge in [-0.15, -0.1) is 0 Å². The van der Waals surface area contributed by atoms with Gasteiger partial charge in [-0.2, -0.15) is 0 Å². The zero-order valence-electron chi connectivity index (χ0n) is 13.4. The Morgan fingerprint density at radius 1 is 1.14 bits per heavy atom. The van der Waals surface area contributed by atoms with E-state index in [1.54, 1.807) is 53.1 Å². The van der Waals surface area contributed by atoms with Crippen molar-refractivity contribution in [1.29, 1.82) is 0 Å². The Kier molecular flexibility index (Phi) is 6.08. The molecule has 1 aromatic rings. The average molecular weight is 346 g/mol. The number of hydrogen-bond acceptors (Lipinski definition) is 2. The fourth-order valence-corrected chi connectivity index (χ4v) is 2.05. The molecule has 22 heavy (non-hydrogen) atoms. The van der Waals surface area contributed by atoms with Crippen LogP contribution in [0, 0.1) is 5.41 Å². The normalized spacial score (nSPS) is 11.0. The third kappa shape index (κ3) is 4.78. The minimum atomic E-state index is -0.630. The number of rotatable bonds is 2. The molecule has 5 nitrogen and oxygen atoms in total. The van der Waals surface area contributed by atoms with Crippen LogP contribution in [0.1, 0.15) is 26.3 Å². The van der Waals surface area contributed by atoms with Gasteiger partial charge in [-0.3, -0.25) is 10.2 Å². The van der Waals surface area contributed by atoms with E-state index >= 15 is 0 Å². The van der Waals surface area contributed by atoms with E-state index < -0.39 is 5.41 Å². The van der Waals surface area contributed by atoms with Crippen molar-refractivity contribution < 1.29 is 9.59 Å². The summed E-state index contributed by atoms with van der Waals surface area (Å²) in [5, 5.41) is 2.09. The van der Waals surface area contributed by atoms with Gasteiger partial charge in [0.15, 0.2) is 0 Å². The van der Waals surface area contributed by atoms with Gasteiger partial charge in [0.05, 0.1) is 6.54 Å². The van der Waals surface area contributed by atoms with Crippen molar-refractivity contribution >= 4 is 35.1 Å². The summed E-state index contributed by atoms with van der Waals surface area (Å²) in [4.78, 5) is 25.8. The predicted molar refractivity (Wildman–Crippen MR) is 88.7 cm³/mol. The van der Waals surface area contributed by atoms with Crippen LogP contribution in [-0.2, 0) is 11.3 Å². The fourth-order valence-electron chi connectivity index (χ4n) is 1.53. The Morgan fingerprint density at radius 2 is 1.64 bits per heavy atom. The van der Waals surface area contributed by atoms with E-state index in [2.05, 4.69) is 5.43 Å². The summed E-state index contributed by atoms with van der Waals surface area (Å²) in [7, 11) is 3.21. The maximum absolute atomic E-state index is 12.3. The molecule has 0 unspecified atom stereocenters. The maximum atomic E-state index is 12.3. The molecule has 3 amide bonds. The molecule has 1 N–H and O–H groups in total. The molecular formula is C15H21Cl2N3O2. The molecule has 0 heterocycles. The molecule has 0 aliphatic heterocycles. The number of urea groups is 1. The highest BCUT2D eigenvalue weighted by atomic mass is 35.5. The average Bonchev–Trinajstić information content (AvgIpc) is 2.39. The number of hydrogen-bond donors (Lipinski definition) is 1. The molecule has 0 bridgehead atoms. The van der Waals surface area contributed by atoms with Crippen LogP contribution in [0.25, 0.3) is 0 Å². The first-order valence-electron chi connectivity index (χ1n) is 6.77. The number of amides is 3. The van der Waals surface area contributed by atoms with Crippen molar-refractivity contribution in [3.05, 3.63) is 33.8 Å². The molecule has 7 heteroatoms. The van der Waals surface area contributed by atoms with Gasteiger partial charge in [-0.1, -0.05) is 50.0 Å². The van der Waals surface area contributed by atoms with Gasteiger partial charge in [0.2, 0.25) is 5.91 Å². The lowest BCUT2D eigenvalue weighted by Gasteiger charge is -2.30. The summed E-state index contributed by atoms with van der Waals surface area (Å²) in [6.45, 7) is 5.38. The molecule has 0 atom stereocenters. The van der Waals surface area contributed by atoms with E-state index in [1.807, 2.05) is 0 Å². The van der Waals surface area contributed by atoms with Crippen molar-refractivity contribution in [3.8, 4) is 0 Å². The highest BCUT2D eigenvalue weighted by Gasteiger charge is 2.27. The standard InChI is InChI=1S/C15H21Cl2N3O2/c1-15(2,3)13(21)18-20(14(22)19(4)5)9-10-11(16)7-6-8-12(10)17/h6-8H,9H2,1-5H3,(H,18,21). The number of halogens is 2. The van der Waals surface area contributed by atoms with Gasteiger partial charge in [0.25, 0.3) is 0 Å². The third-order valence-corrected chi connectivity index (χ3v) is 3.62. The summed E-state index contributed by atoms with van der Waals surface area (Å²) in [6, 6.07) is 4.73. The lowest BCUT2D eigenvalue weighted by Crippen LogP contribution is -2.52. The first-order valence-corrected chi connectivity index (χ1v) is 7.52. The quantitative estimate of drug-likeness (QED) is 0.833. The van der Waals surface area contributed by atoms with Gasteiger partial charge in [-0.25, -0.2) is 9.80 Å². The second kappa shape index (κ2) is 7.20. The number of benzene rings is 1. The first kappa shape index (κ1) is 18.6. The van der Waals surface area contributed by atoms with Gasteiger partial charge >= 0.3 is 6.03 Å². The number of hydrazine groups is 1. The molecule has 1 rings (SSSR count). The Hall–Kier alpha value is -1.46. The second-order valence-electron chi connectivity index (χ2n) is 6.15. The molecule has 0 aliphatic rings. The molecule has 0 saturated heterocycles. The number of carbonyl (C=O) groups excluding carboxylic acids is 2. The third-order valence-electron chi connectivity index (χ3n) is 2.91. The Morgan fingerprint density at radius 3 is 2.05 bits per heavy atom. The largest absolute Gasteiger partial charge is 0.338 e. The lowest BCUT2D eigenvalue weighted by molar-refractivity contribution is -0.132. The molecule has 0 aliphatic carbocycles.